The summed E-state index contributed by atoms with van der Waals surface area (Å²) in [6.07, 6.45) is 5.27. The molecule has 3 nitrogen and oxygen atoms in total. The van der Waals surface area contributed by atoms with Crippen molar-refractivity contribution in [1.29, 1.82) is 0 Å². The van der Waals surface area contributed by atoms with E-state index < -0.39 is 0 Å². The third kappa shape index (κ3) is 4.30. The molecule has 0 bridgehead atoms. The highest BCUT2D eigenvalue weighted by Gasteiger charge is 2.00. The summed E-state index contributed by atoms with van der Waals surface area (Å²) in [4.78, 5) is 4.23. The van der Waals surface area contributed by atoms with Crippen molar-refractivity contribution in [3.8, 4) is 5.75 Å². The van der Waals surface area contributed by atoms with Crippen LogP contribution in [0.3, 0.4) is 0 Å². The van der Waals surface area contributed by atoms with Gasteiger partial charge in [0.05, 0.1) is 18.5 Å². The molecule has 0 saturated heterocycles. The van der Waals surface area contributed by atoms with Gasteiger partial charge in [0.2, 0.25) is 0 Å². The Morgan fingerprint density at radius 1 is 1.40 bits per heavy atom. The van der Waals surface area contributed by atoms with E-state index >= 15 is 0 Å². The summed E-state index contributed by atoms with van der Waals surface area (Å²) in [5.41, 5.74) is 6.60. The Bertz CT molecular complexity index is 269. The standard InChI is InChI=1S/C12H20N2O/c1-3-4-5-8-15-11-6-7-12(10(2)13)14-9-11/h6-7,9-10H,3-5,8,13H2,1-2H3. The number of nitrogens with zero attached hydrogens (tertiary/aromatic N) is 1. The van der Waals surface area contributed by atoms with Crippen molar-refractivity contribution < 1.29 is 4.74 Å². The van der Waals surface area contributed by atoms with Gasteiger partial charge in [0.1, 0.15) is 5.75 Å². The Kier molecular flexibility index (Phi) is 5.12. The number of hydrogen-bond acceptors (Lipinski definition) is 3. The molecule has 15 heavy (non-hydrogen) atoms. The number of unbranched alkanes of at least 4 members (excludes halogenated alkanes) is 2. The van der Waals surface area contributed by atoms with Gasteiger partial charge >= 0.3 is 0 Å². The molecule has 0 amide bonds. The zero-order valence-electron chi connectivity index (χ0n) is 9.57. The maximum atomic E-state index is 5.70. The highest BCUT2D eigenvalue weighted by molar-refractivity contribution is 5.21. The van der Waals surface area contributed by atoms with Crippen LogP contribution in [0.15, 0.2) is 18.3 Å². The van der Waals surface area contributed by atoms with E-state index in [9.17, 15) is 0 Å². The Hall–Kier alpha value is -1.09. The first-order chi connectivity index (χ1) is 7.24. The lowest BCUT2D eigenvalue weighted by Crippen LogP contribution is -2.07. The van der Waals surface area contributed by atoms with E-state index in [-0.39, 0.29) is 6.04 Å². The molecule has 1 aromatic heterocycles. The van der Waals surface area contributed by atoms with Crippen molar-refractivity contribution in [3.05, 3.63) is 24.0 Å². The molecule has 0 aliphatic carbocycles. The molecule has 0 radical (unpaired) electrons. The molecular weight excluding hydrogens is 188 g/mol. The topological polar surface area (TPSA) is 48.1 Å². The van der Waals surface area contributed by atoms with Crippen LogP contribution < -0.4 is 10.5 Å². The van der Waals surface area contributed by atoms with E-state index in [0.29, 0.717) is 0 Å². The fourth-order valence-electron chi connectivity index (χ4n) is 1.29. The monoisotopic (exact) mass is 208 g/mol. The molecule has 1 atom stereocenters. The van der Waals surface area contributed by atoms with E-state index in [0.717, 1.165) is 24.5 Å². The Labute approximate surface area is 91.7 Å². The summed E-state index contributed by atoms with van der Waals surface area (Å²) in [5, 5.41) is 0. The number of hydrogen-bond donors (Lipinski definition) is 1. The third-order valence-electron chi connectivity index (χ3n) is 2.24. The van der Waals surface area contributed by atoms with E-state index in [1.807, 2.05) is 19.1 Å². The van der Waals surface area contributed by atoms with Crippen LogP contribution in [0.2, 0.25) is 0 Å². The van der Waals surface area contributed by atoms with E-state index in [1.54, 1.807) is 6.20 Å². The van der Waals surface area contributed by atoms with Gasteiger partial charge in [-0.1, -0.05) is 19.8 Å². The van der Waals surface area contributed by atoms with E-state index in [4.69, 9.17) is 10.5 Å². The van der Waals surface area contributed by atoms with E-state index in [2.05, 4.69) is 11.9 Å². The first-order valence-corrected chi connectivity index (χ1v) is 5.58. The maximum Gasteiger partial charge on any atom is 0.137 e. The molecule has 0 aromatic carbocycles. The van der Waals surface area contributed by atoms with Gasteiger partial charge in [0, 0.05) is 6.04 Å². The smallest absolute Gasteiger partial charge is 0.137 e. The zero-order chi connectivity index (χ0) is 11.1. The molecule has 0 fully saturated rings. The van der Waals surface area contributed by atoms with Crippen LogP contribution >= 0.6 is 0 Å². The van der Waals surface area contributed by atoms with Crippen LogP contribution in [0.25, 0.3) is 0 Å². The van der Waals surface area contributed by atoms with Crippen LogP contribution in [0, 0.1) is 0 Å². The lowest BCUT2D eigenvalue weighted by atomic mass is 10.2. The number of rotatable bonds is 6. The molecule has 0 saturated carbocycles. The molecule has 84 valence electrons. The summed E-state index contributed by atoms with van der Waals surface area (Å²) in [6.45, 7) is 4.87. The first kappa shape index (κ1) is 12.0. The predicted molar refractivity (Wildman–Crippen MR) is 61.9 cm³/mol. The number of nitrogens with two attached hydrogens (primary N) is 1. The molecule has 0 aliphatic rings. The SMILES string of the molecule is CCCCCOc1ccc(C(C)N)nc1. The Morgan fingerprint density at radius 2 is 2.20 bits per heavy atom. The van der Waals surface area contributed by atoms with Gasteiger partial charge in [-0.3, -0.25) is 4.98 Å². The average molecular weight is 208 g/mol. The lowest BCUT2D eigenvalue weighted by Gasteiger charge is -2.07. The minimum atomic E-state index is -0.0147. The van der Waals surface area contributed by atoms with Crippen molar-refractivity contribution >= 4 is 0 Å². The predicted octanol–water partition coefficient (Wildman–Crippen LogP) is 2.67. The third-order valence-corrected chi connectivity index (χ3v) is 2.24. The second-order valence-electron chi connectivity index (χ2n) is 3.76. The zero-order valence-corrected chi connectivity index (χ0v) is 9.57. The number of ether oxygens (including phenoxy) is 1. The second kappa shape index (κ2) is 6.40. The van der Waals surface area contributed by atoms with Crippen LogP contribution in [-0.2, 0) is 0 Å². The molecule has 2 N–H and O–H groups in total. The summed E-state index contributed by atoms with van der Waals surface area (Å²) >= 11 is 0. The van der Waals surface area contributed by atoms with Crippen molar-refractivity contribution in [2.45, 2.75) is 39.2 Å². The van der Waals surface area contributed by atoms with Crippen LogP contribution in [0.5, 0.6) is 5.75 Å². The summed E-state index contributed by atoms with van der Waals surface area (Å²) in [7, 11) is 0. The average Bonchev–Trinajstić information content (AvgIpc) is 2.25. The van der Waals surface area contributed by atoms with Gasteiger partial charge in [0.25, 0.3) is 0 Å². The van der Waals surface area contributed by atoms with Gasteiger partial charge < -0.3 is 10.5 Å². The molecule has 1 aromatic rings. The molecule has 1 unspecified atom stereocenters. The van der Waals surface area contributed by atoms with Gasteiger partial charge in [-0.25, -0.2) is 0 Å². The van der Waals surface area contributed by atoms with Crippen molar-refractivity contribution in [1.82, 2.24) is 4.98 Å². The fourth-order valence-corrected chi connectivity index (χ4v) is 1.29. The molecule has 1 heterocycles. The lowest BCUT2D eigenvalue weighted by molar-refractivity contribution is 0.305. The largest absolute Gasteiger partial charge is 0.492 e. The molecule has 1 rings (SSSR count). The number of aromatic nitrogens is 1. The van der Waals surface area contributed by atoms with Crippen LogP contribution in [0.1, 0.15) is 44.8 Å². The Balaban J connectivity index is 2.36. The minimum Gasteiger partial charge on any atom is -0.492 e. The molecule has 3 heteroatoms. The molecular formula is C12H20N2O. The van der Waals surface area contributed by atoms with Crippen LogP contribution in [-0.4, -0.2) is 11.6 Å². The normalized spacial score (nSPS) is 12.5. The highest BCUT2D eigenvalue weighted by Crippen LogP contribution is 2.13. The van der Waals surface area contributed by atoms with Gasteiger partial charge in [-0.15, -0.1) is 0 Å². The van der Waals surface area contributed by atoms with Gasteiger partial charge in [-0.2, -0.15) is 0 Å². The van der Waals surface area contributed by atoms with Crippen LogP contribution in [0.4, 0.5) is 0 Å². The highest BCUT2D eigenvalue weighted by atomic mass is 16.5. The summed E-state index contributed by atoms with van der Waals surface area (Å²) < 4.78 is 5.54. The molecule has 0 aliphatic heterocycles. The van der Waals surface area contributed by atoms with Gasteiger partial charge in [-0.05, 0) is 25.5 Å². The second-order valence-corrected chi connectivity index (χ2v) is 3.76. The maximum absolute atomic E-state index is 5.70. The summed E-state index contributed by atoms with van der Waals surface area (Å²) in [5.74, 6) is 0.829. The summed E-state index contributed by atoms with van der Waals surface area (Å²) in [6, 6.07) is 3.83. The first-order valence-electron chi connectivity index (χ1n) is 5.58. The van der Waals surface area contributed by atoms with E-state index in [1.165, 1.54) is 12.8 Å². The van der Waals surface area contributed by atoms with Crippen molar-refractivity contribution in [3.63, 3.8) is 0 Å². The Morgan fingerprint density at radius 3 is 2.73 bits per heavy atom. The minimum absolute atomic E-state index is 0.0147. The number of pyridine rings is 1. The molecule has 0 spiro atoms. The van der Waals surface area contributed by atoms with Crippen molar-refractivity contribution in [2.24, 2.45) is 5.73 Å². The quantitative estimate of drug-likeness (QED) is 0.731. The van der Waals surface area contributed by atoms with Crippen molar-refractivity contribution in [2.75, 3.05) is 6.61 Å². The fraction of sp³-hybridized carbons (Fsp3) is 0.583. The van der Waals surface area contributed by atoms with Gasteiger partial charge in [0.15, 0.2) is 0 Å².